The zero-order chi connectivity index (χ0) is 61.7. The second-order valence-electron chi connectivity index (χ2n) is 43.1. The summed E-state index contributed by atoms with van der Waals surface area (Å²) in [6.07, 6.45) is 85.6. The average molecular weight is 1290 g/mol. The van der Waals surface area contributed by atoms with Crippen LogP contribution < -0.4 is 0 Å². The van der Waals surface area contributed by atoms with Crippen LogP contribution in [-0.4, -0.2) is 75.8 Å². The lowest BCUT2D eigenvalue weighted by atomic mass is 9.18. The van der Waals surface area contributed by atoms with Crippen molar-refractivity contribution in [2.75, 3.05) is 0 Å². The van der Waals surface area contributed by atoms with Gasteiger partial charge in [0.05, 0.1) is 0 Å². The molecule has 526 valence electrons. The summed E-state index contributed by atoms with van der Waals surface area (Å²) in [6, 6.07) is 8.07. The van der Waals surface area contributed by atoms with Crippen LogP contribution in [0.25, 0.3) is 0 Å². The standard InChI is InChI=1S/C91H144BN3/c1-3-13-56(14-4-1)58-29-37-66(38-30-58)94-81-50-64(71-41-33-62-21-9-25-75-73-23-7-17-60-19-11-27-77(85(60)73)89(71)87(62)75)35-43-79(81)92-80-44-36-65(72-42-34-63-22-10-26-76-74-24-8-18-61-20-12-28-78(86(61)74)90(72)88(63)76)51-82(80)95(67-39-31-59(32-40-67)57-15-5-2-6-16-57)84-53-70(52-83(94)91(84)92)93-68-46-54-45-55(48-68)49-69(93)47-54/h54-91H,1-53H2. The summed E-state index contributed by atoms with van der Waals surface area (Å²) in [5.74, 6) is 31.6. The number of hydrogen-bond donors (Lipinski definition) is 0. The van der Waals surface area contributed by atoms with Gasteiger partial charge in [-0.1, -0.05) is 167 Å². The van der Waals surface area contributed by atoms with E-state index < -0.39 is 0 Å². The summed E-state index contributed by atoms with van der Waals surface area (Å²) >= 11 is 0. The van der Waals surface area contributed by atoms with Crippen LogP contribution in [0.15, 0.2) is 0 Å². The van der Waals surface area contributed by atoms with Gasteiger partial charge in [0.1, 0.15) is 0 Å². The van der Waals surface area contributed by atoms with E-state index in [4.69, 9.17) is 0 Å². The molecule has 0 spiro atoms. The molecule has 3 nitrogen and oxygen atoms in total. The average Bonchev–Trinajstić information content (AvgIpc) is 0.709. The summed E-state index contributed by atoms with van der Waals surface area (Å²) in [6.45, 7) is 1.03. The Morgan fingerprint density at radius 3 is 0.937 bits per heavy atom. The van der Waals surface area contributed by atoms with Gasteiger partial charge in [-0.15, -0.1) is 0 Å². The van der Waals surface area contributed by atoms with Gasteiger partial charge < -0.3 is 0 Å². The molecule has 26 unspecified atom stereocenters. The van der Waals surface area contributed by atoms with E-state index in [0.717, 1.165) is 232 Å². The maximum absolute atomic E-state index is 3.82. The molecule has 23 aliphatic rings. The molecule has 0 aromatic rings. The lowest BCUT2D eigenvalue weighted by Gasteiger charge is -2.72. The molecule has 4 bridgehead atoms. The van der Waals surface area contributed by atoms with Crippen molar-refractivity contribution in [1.29, 1.82) is 0 Å². The second kappa shape index (κ2) is 25.3. The van der Waals surface area contributed by atoms with Crippen molar-refractivity contribution < 1.29 is 0 Å². The van der Waals surface area contributed by atoms with Crippen LogP contribution in [0.2, 0.25) is 17.5 Å². The first-order valence-corrected chi connectivity index (χ1v) is 46.4. The summed E-state index contributed by atoms with van der Waals surface area (Å²) < 4.78 is 0. The zero-order valence-corrected chi connectivity index (χ0v) is 61.3. The SMILES string of the molecule is C1CCC(C2CCC(N3C4CC(C5CCC6CCCC7C8CCCC9CCCC(C98)C5C67)CCC4B4C5CCC(C6CCC7CCCC8C9CCCC%10CCCC(C%109)C6C78)CC5N(C5CCC(C6CCCCC6)CC5)C5CC(N6C7CC8CC(C7)CC6C8)CC3C45)CC2)CC1. The van der Waals surface area contributed by atoms with E-state index in [0.29, 0.717) is 0 Å². The zero-order valence-electron chi connectivity index (χ0n) is 61.3. The van der Waals surface area contributed by atoms with E-state index in [1.165, 1.54) is 12.8 Å². The fourth-order valence-corrected chi connectivity index (χ4v) is 38.8. The molecular weight excluding hydrogens is 1150 g/mol. The molecule has 23 rings (SSSR count). The van der Waals surface area contributed by atoms with Gasteiger partial charge in [0.25, 0.3) is 0 Å². The number of fused-ring (bicyclic) bond motifs is 8. The van der Waals surface area contributed by atoms with E-state index in [2.05, 4.69) is 14.7 Å². The third-order valence-corrected chi connectivity index (χ3v) is 40.7. The molecule has 19 aliphatic carbocycles. The van der Waals surface area contributed by atoms with Gasteiger partial charge in [-0.3, -0.25) is 14.7 Å². The topological polar surface area (TPSA) is 9.72 Å². The molecule has 0 aromatic carbocycles. The molecule has 4 heteroatoms. The molecule has 0 amide bonds. The van der Waals surface area contributed by atoms with Crippen molar-refractivity contribution in [3.05, 3.63) is 0 Å². The van der Waals surface area contributed by atoms with Crippen LogP contribution in [0.5, 0.6) is 0 Å². The minimum atomic E-state index is 0.859. The molecule has 4 saturated heterocycles. The number of piperidine rings is 2. The molecule has 19 saturated carbocycles. The molecule has 4 heterocycles. The number of rotatable bonds is 7. The smallest absolute Gasteiger partial charge is 0.156 e. The second-order valence-corrected chi connectivity index (χ2v) is 43.1. The van der Waals surface area contributed by atoms with E-state index >= 15 is 0 Å². The van der Waals surface area contributed by atoms with Gasteiger partial charge in [-0.05, 0) is 345 Å². The van der Waals surface area contributed by atoms with Gasteiger partial charge in [0.15, 0.2) is 6.71 Å². The van der Waals surface area contributed by atoms with E-state index in [9.17, 15) is 0 Å². The highest BCUT2D eigenvalue weighted by atomic mass is 15.3. The Bertz CT molecular complexity index is 2490. The summed E-state index contributed by atoms with van der Waals surface area (Å²) in [4.78, 5) is 11.2. The molecule has 95 heavy (non-hydrogen) atoms. The van der Waals surface area contributed by atoms with Crippen LogP contribution in [0.1, 0.15) is 340 Å². The van der Waals surface area contributed by atoms with Crippen LogP contribution in [-0.2, 0) is 0 Å². The van der Waals surface area contributed by atoms with Crippen LogP contribution in [0.4, 0.5) is 0 Å². The Hall–Kier alpha value is -0.0551. The molecule has 0 radical (unpaired) electrons. The molecule has 0 N–H and O–H groups in total. The van der Waals surface area contributed by atoms with E-state index in [1.54, 1.807) is 327 Å². The van der Waals surface area contributed by atoms with E-state index in [1.807, 2.05) is 0 Å². The first-order chi connectivity index (χ1) is 47.1. The van der Waals surface area contributed by atoms with Crippen molar-refractivity contribution in [3.63, 3.8) is 0 Å². The van der Waals surface area contributed by atoms with Crippen molar-refractivity contribution in [2.24, 2.45) is 154 Å². The Kier molecular flexibility index (Phi) is 16.6. The highest BCUT2D eigenvalue weighted by Crippen LogP contribution is 2.73. The third kappa shape index (κ3) is 10.1. The largest absolute Gasteiger partial charge is 0.295 e. The van der Waals surface area contributed by atoms with Crippen molar-refractivity contribution in [1.82, 2.24) is 14.7 Å². The first-order valence-electron chi connectivity index (χ1n) is 46.4. The van der Waals surface area contributed by atoms with Crippen LogP contribution in [0, 0.1) is 154 Å². The van der Waals surface area contributed by atoms with Crippen molar-refractivity contribution in [2.45, 2.75) is 412 Å². The highest BCUT2D eigenvalue weighted by Gasteiger charge is 2.70. The molecular formula is C91H144BN3. The van der Waals surface area contributed by atoms with E-state index in [-0.39, 0.29) is 0 Å². The monoisotopic (exact) mass is 1290 g/mol. The fourth-order valence-electron chi connectivity index (χ4n) is 38.8. The van der Waals surface area contributed by atoms with Crippen LogP contribution >= 0.6 is 0 Å². The first kappa shape index (κ1) is 62.3. The Morgan fingerprint density at radius 1 is 0.179 bits per heavy atom. The Morgan fingerprint density at radius 2 is 0.516 bits per heavy atom. The fraction of sp³-hybridized carbons (Fsp3) is 1.00. The van der Waals surface area contributed by atoms with Crippen molar-refractivity contribution in [3.8, 4) is 0 Å². The van der Waals surface area contributed by atoms with Gasteiger partial charge in [-0.25, -0.2) is 0 Å². The minimum Gasteiger partial charge on any atom is -0.295 e. The van der Waals surface area contributed by atoms with Crippen molar-refractivity contribution >= 4 is 6.71 Å². The number of nitrogens with zero attached hydrogens (tertiary/aromatic N) is 3. The Labute approximate surface area is 584 Å². The lowest BCUT2D eigenvalue weighted by Crippen LogP contribution is -2.76. The predicted molar refractivity (Wildman–Crippen MR) is 392 cm³/mol. The maximum atomic E-state index is 3.82. The Balaban J connectivity index is 0.655. The van der Waals surface area contributed by atoms with Gasteiger partial charge in [0.2, 0.25) is 0 Å². The minimum absolute atomic E-state index is 0.859. The molecule has 26 atom stereocenters. The third-order valence-electron chi connectivity index (χ3n) is 40.7. The summed E-state index contributed by atoms with van der Waals surface area (Å²) in [5.41, 5.74) is 0. The summed E-state index contributed by atoms with van der Waals surface area (Å²) in [5, 5.41) is 0. The maximum Gasteiger partial charge on any atom is 0.156 e. The highest BCUT2D eigenvalue weighted by molar-refractivity contribution is 6.65. The van der Waals surface area contributed by atoms with Gasteiger partial charge in [0, 0.05) is 54.4 Å². The van der Waals surface area contributed by atoms with Crippen LogP contribution in [0.3, 0.4) is 0 Å². The molecule has 23 fully saturated rings. The quantitative estimate of drug-likeness (QED) is 0.235. The molecule has 4 aliphatic heterocycles. The predicted octanol–water partition coefficient (Wildman–Crippen LogP) is 22.8. The molecule has 0 aromatic heterocycles. The van der Waals surface area contributed by atoms with Gasteiger partial charge in [-0.2, -0.15) is 0 Å². The normalized spacial score (nSPS) is 57.5. The lowest BCUT2D eigenvalue weighted by molar-refractivity contribution is -0.170. The summed E-state index contributed by atoms with van der Waals surface area (Å²) in [7, 11) is 0. The van der Waals surface area contributed by atoms with Gasteiger partial charge >= 0.3 is 0 Å². The number of hydrogen-bond acceptors (Lipinski definition) is 3.